The summed E-state index contributed by atoms with van der Waals surface area (Å²) in [6, 6.07) is 9.15. The summed E-state index contributed by atoms with van der Waals surface area (Å²) in [5, 5.41) is 2.89. The van der Waals surface area contributed by atoms with Crippen molar-refractivity contribution < 1.29 is 9.53 Å². The topological polar surface area (TPSA) is 67.3 Å². The summed E-state index contributed by atoms with van der Waals surface area (Å²) < 4.78 is 5.44. The van der Waals surface area contributed by atoms with Crippen molar-refractivity contribution in [1.82, 2.24) is 20.2 Å². The van der Waals surface area contributed by atoms with Crippen molar-refractivity contribution in [1.29, 1.82) is 0 Å². The third-order valence-corrected chi connectivity index (χ3v) is 3.71. The fourth-order valence-electron chi connectivity index (χ4n) is 2.11. The third kappa shape index (κ3) is 4.94. The molecule has 0 aliphatic heterocycles. The Hall–Kier alpha value is -2.63. The van der Waals surface area contributed by atoms with Crippen molar-refractivity contribution in [2.75, 3.05) is 13.7 Å². The zero-order chi connectivity index (χ0) is 17.4. The van der Waals surface area contributed by atoms with Crippen LogP contribution < -0.4 is 10.1 Å². The number of nitrogens with zero attached hydrogens (tertiary/aromatic N) is 3. The van der Waals surface area contributed by atoms with Gasteiger partial charge in [-0.3, -0.25) is 4.98 Å². The first kappa shape index (κ1) is 17.7. The molecule has 0 aliphatic carbocycles. The monoisotopic (exact) mass is 328 g/mol. The highest BCUT2D eigenvalue weighted by Crippen LogP contribution is 2.16. The molecule has 2 amide bonds. The first-order valence-corrected chi connectivity index (χ1v) is 8.11. The lowest BCUT2D eigenvalue weighted by Gasteiger charge is -2.24. The Kier molecular flexibility index (Phi) is 6.54. The van der Waals surface area contributed by atoms with Gasteiger partial charge in [-0.15, -0.1) is 0 Å². The fraction of sp³-hybridized carbons (Fsp3) is 0.389. The molecule has 24 heavy (non-hydrogen) atoms. The van der Waals surface area contributed by atoms with Gasteiger partial charge < -0.3 is 15.0 Å². The normalized spacial score (nSPS) is 11.6. The van der Waals surface area contributed by atoms with E-state index >= 15 is 0 Å². The van der Waals surface area contributed by atoms with Crippen molar-refractivity contribution in [2.45, 2.75) is 32.9 Å². The fourth-order valence-corrected chi connectivity index (χ4v) is 2.11. The third-order valence-electron chi connectivity index (χ3n) is 3.71. The van der Waals surface area contributed by atoms with Gasteiger partial charge in [-0.05, 0) is 31.0 Å². The van der Waals surface area contributed by atoms with Crippen LogP contribution in [0.4, 0.5) is 4.79 Å². The summed E-state index contributed by atoms with van der Waals surface area (Å²) >= 11 is 0. The zero-order valence-corrected chi connectivity index (χ0v) is 14.4. The minimum Gasteiger partial charge on any atom is -0.478 e. The Morgan fingerprint density at radius 2 is 2.12 bits per heavy atom. The molecular formula is C18H24N4O2. The number of hydrogen-bond donors (Lipinski definition) is 1. The predicted octanol–water partition coefficient (Wildman–Crippen LogP) is 3.17. The van der Waals surface area contributed by atoms with Gasteiger partial charge in [0.15, 0.2) is 0 Å². The summed E-state index contributed by atoms with van der Waals surface area (Å²) in [6.45, 7) is 5.06. The van der Waals surface area contributed by atoms with Crippen LogP contribution in [-0.4, -0.2) is 34.6 Å². The first-order valence-electron chi connectivity index (χ1n) is 8.11. The lowest BCUT2D eigenvalue weighted by atomic mass is 10.2. The molecule has 0 saturated heterocycles. The predicted molar refractivity (Wildman–Crippen MR) is 92.7 cm³/mol. The summed E-state index contributed by atoms with van der Waals surface area (Å²) in [5.41, 5.74) is 1.78. The van der Waals surface area contributed by atoms with Crippen LogP contribution in [0.2, 0.25) is 0 Å². The molecule has 1 N–H and O–H groups in total. The van der Waals surface area contributed by atoms with Crippen LogP contribution in [0, 0.1) is 0 Å². The minimum atomic E-state index is -0.153. The summed E-state index contributed by atoms with van der Waals surface area (Å²) in [7, 11) is 1.76. The highest BCUT2D eigenvalue weighted by Gasteiger charge is 2.17. The summed E-state index contributed by atoms with van der Waals surface area (Å²) in [6.07, 6.45) is 4.39. The van der Waals surface area contributed by atoms with Crippen LogP contribution >= 0.6 is 0 Å². The smallest absolute Gasteiger partial charge is 0.317 e. The van der Waals surface area contributed by atoms with Crippen LogP contribution in [0.1, 0.15) is 37.6 Å². The molecule has 0 aromatic carbocycles. The van der Waals surface area contributed by atoms with Gasteiger partial charge in [-0.25, -0.2) is 9.78 Å². The lowest BCUT2D eigenvalue weighted by molar-refractivity contribution is 0.193. The number of amides is 2. The molecule has 0 radical (unpaired) electrons. The van der Waals surface area contributed by atoms with E-state index in [-0.39, 0.29) is 12.1 Å². The number of aromatic nitrogens is 2. The number of pyridine rings is 2. The standard InChI is InChI=1S/C18H24N4O2/c1-4-11-24-17-9-8-15(12-20-17)13-21-18(23)22(3)14(2)16-7-5-6-10-19-16/h5-10,12,14H,4,11,13H2,1-3H3,(H,21,23)/t14-/m0/s1. The van der Waals surface area contributed by atoms with E-state index in [0.717, 1.165) is 17.7 Å². The molecule has 0 spiro atoms. The number of rotatable bonds is 7. The van der Waals surface area contributed by atoms with Gasteiger partial charge in [0, 0.05) is 32.1 Å². The second-order valence-corrected chi connectivity index (χ2v) is 5.55. The molecule has 6 nitrogen and oxygen atoms in total. The van der Waals surface area contributed by atoms with E-state index in [9.17, 15) is 4.79 Å². The van der Waals surface area contributed by atoms with E-state index in [2.05, 4.69) is 15.3 Å². The molecule has 6 heteroatoms. The minimum absolute atomic E-state index is 0.103. The Morgan fingerprint density at radius 1 is 1.29 bits per heavy atom. The number of carbonyl (C=O) groups is 1. The number of hydrogen-bond acceptors (Lipinski definition) is 4. The Balaban J connectivity index is 1.85. The van der Waals surface area contributed by atoms with Gasteiger partial charge in [0.1, 0.15) is 0 Å². The number of ether oxygens (including phenoxy) is 1. The number of urea groups is 1. The summed E-state index contributed by atoms with van der Waals surface area (Å²) in [4.78, 5) is 22.4. The molecule has 2 heterocycles. The van der Waals surface area contributed by atoms with E-state index in [0.29, 0.717) is 19.0 Å². The lowest BCUT2D eigenvalue weighted by Crippen LogP contribution is -2.38. The van der Waals surface area contributed by atoms with Gasteiger partial charge in [-0.1, -0.05) is 19.1 Å². The molecule has 0 saturated carbocycles. The van der Waals surface area contributed by atoms with Gasteiger partial charge in [0.2, 0.25) is 5.88 Å². The SMILES string of the molecule is CCCOc1ccc(CNC(=O)N(C)[C@@H](C)c2ccccn2)cn1. The molecule has 128 valence electrons. The zero-order valence-electron chi connectivity index (χ0n) is 14.4. The first-order chi connectivity index (χ1) is 11.6. The maximum atomic E-state index is 12.3. The molecule has 2 aromatic rings. The maximum Gasteiger partial charge on any atom is 0.317 e. The average Bonchev–Trinajstić information content (AvgIpc) is 2.64. The van der Waals surface area contributed by atoms with Gasteiger partial charge in [0.25, 0.3) is 0 Å². The van der Waals surface area contributed by atoms with Crippen molar-refractivity contribution in [3.63, 3.8) is 0 Å². The van der Waals surface area contributed by atoms with E-state index < -0.39 is 0 Å². The number of nitrogens with one attached hydrogen (secondary N) is 1. The molecular weight excluding hydrogens is 304 g/mol. The molecule has 0 unspecified atom stereocenters. The number of carbonyl (C=O) groups excluding carboxylic acids is 1. The van der Waals surface area contributed by atoms with E-state index in [1.807, 2.05) is 44.2 Å². The second kappa shape index (κ2) is 8.86. The van der Waals surface area contributed by atoms with Crippen molar-refractivity contribution >= 4 is 6.03 Å². The van der Waals surface area contributed by atoms with Gasteiger partial charge in [-0.2, -0.15) is 0 Å². The molecule has 1 atom stereocenters. The van der Waals surface area contributed by atoms with Crippen LogP contribution in [-0.2, 0) is 6.54 Å². The Labute approximate surface area is 142 Å². The van der Waals surface area contributed by atoms with Crippen LogP contribution in [0.25, 0.3) is 0 Å². The Bertz CT molecular complexity index is 631. The van der Waals surface area contributed by atoms with Gasteiger partial charge >= 0.3 is 6.03 Å². The molecule has 0 bridgehead atoms. The molecule has 0 aliphatic rings. The van der Waals surface area contributed by atoms with Crippen molar-refractivity contribution in [2.24, 2.45) is 0 Å². The highest BCUT2D eigenvalue weighted by atomic mass is 16.5. The van der Waals surface area contributed by atoms with E-state index in [1.54, 1.807) is 24.3 Å². The van der Waals surface area contributed by atoms with Crippen LogP contribution in [0.3, 0.4) is 0 Å². The molecule has 2 rings (SSSR count). The Morgan fingerprint density at radius 3 is 2.75 bits per heavy atom. The summed E-state index contributed by atoms with van der Waals surface area (Å²) in [5.74, 6) is 0.604. The quantitative estimate of drug-likeness (QED) is 0.848. The van der Waals surface area contributed by atoms with Crippen molar-refractivity contribution in [3.05, 3.63) is 54.0 Å². The van der Waals surface area contributed by atoms with Gasteiger partial charge in [0.05, 0.1) is 18.3 Å². The van der Waals surface area contributed by atoms with E-state index in [1.165, 1.54) is 0 Å². The van der Waals surface area contributed by atoms with Crippen molar-refractivity contribution in [3.8, 4) is 5.88 Å². The highest BCUT2D eigenvalue weighted by molar-refractivity contribution is 5.74. The molecule has 2 aromatic heterocycles. The van der Waals surface area contributed by atoms with Crippen LogP contribution in [0.15, 0.2) is 42.7 Å². The largest absolute Gasteiger partial charge is 0.478 e. The second-order valence-electron chi connectivity index (χ2n) is 5.55. The van der Waals surface area contributed by atoms with E-state index in [4.69, 9.17) is 4.74 Å². The average molecular weight is 328 g/mol. The van der Waals surface area contributed by atoms with Crippen LogP contribution in [0.5, 0.6) is 5.88 Å². The maximum absolute atomic E-state index is 12.3. The molecule has 0 fully saturated rings.